The van der Waals surface area contributed by atoms with Gasteiger partial charge in [-0.05, 0) is 18.2 Å². The second-order valence-corrected chi connectivity index (χ2v) is 4.59. The van der Waals surface area contributed by atoms with Crippen molar-refractivity contribution in [2.24, 2.45) is 0 Å². The largest absolute Gasteiger partial charge is 0.460 e. The van der Waals surface area contributed by atoms with Gasteiger partial charge in [-0.2, -0.15) is 39.5 Å². The summed E-state index contributed by atoms with van der Waals surface area (Å²) in [7, 11) is 0. The molecular formula is C11H3ClF10O. The second-order valence-electron chi connectivity index (χ2n) is 4.18. The Labute approximate surface area is 125 Å². The first kappa shape index (κ1) is 19.5. The minimum absolute atomic E-state index is 0.0922. The van der Waals surface area contributed by atoms with E-state index in [9.17, 15) is 48.7 Å². The van der Waals surface area contributed by atoms with Gasteiger partial charge in [-0.3, -0.25) is 4.79 Å². The van der Waals surface area contributed by atoms with Gasteiger partial charge in [-0.1, -0.05) is 11.6 Å². The molecule has 0 bridgehead atoms. The molecule has 12 heteroatoms. The van der Waals surface area contributed by atoms with E-state index in [1.165, 1.54) is 0 Å². The van der Waals surface area contributed by atoms with Crippen LogP contribution in [0.1, 0.15) is 10.4 Å². The molecule has 0 radical (unpaired) electrons. The number of benzene rings is 1. The number of hydrogen-bond donors (Lipinski definition) is 0. The lowest BCUT2D eigenvalue weighted by molar-refractivity contribution is -0.386. The highest BCUT2D eigenvalue weighted by atomic mass is 35.5. The van der Waals surface area contributed by atoms with Gasteiger partial charge in [-0.25, -0.2) is 4.39 Å². The Morgan fingerprint density at radius 3 is 1.74 bits per heavy atom. The maximum Gasteiger partial charge on any atom is 0.460 e. The summed E-state index contributed by atoms with van der Waals surface area (Å²) in [5.74, 6) is -25.1. The van der Waals surface area contributed by atoms with E-state index in [2.05, 4.69) is 0 Å². The van der Waals surface area contributed by atoms with E-state index in [1.807, 2.05) is 0 Å². The van der Waals surface area contributed by atoms with Crippen LogP contribution in [0.3, 0.4) is 0 Å². The van der Waals surface area contributed by atoms with Crippen LogP contribution >= 0.6 is 11.6 Å². The van der Waals surface area contributed by atoms with Gasteiger partial charge in [0.2, 0.25) is 5.78 Å². The fourth-order valence-corrected chi connectivity index (χ4v) is 1.52. The molecule has 0 aliphatic rings. The van der Waals surface area contributed by atoms with Crippen LogP contribution < -0.4 is 0 Å². The molecular weight excluding hydrogens is 374 g/mol. The van der Waals surface area contributed by atoms with Crippen molar-refractivity contribution in [3.63, 3.8) is 0 Å². The number of hydrogen-bond acceptors (Lipinski definition) is 1. The fourth-order valence-electron chi connectivity index (χ4n) is 1.34. The van der Waals surface area contributed by atoms with Crippen LogP contribution in [0.15, 0.2) is 18.2 Å². The van der Waals surface area contributed by atoms with E-state index in [-0.39, 0.29) is 18.2 Å². The Morgan fingerprint density at radius 1 is 0.870 bits per heavy atom. The van der Waals surface area contributed by atoms with Crippen LogP contribution in [0.2, 0.25) is 5.02 Å². The number of Topliss-reactive ketones (excluding diaryl/α,β-unsaturated/α-hetero) is 1. The van der Waals surface area contributed by atoms with Crippen molar-refractivity contribution in [1.82, 2.24) is 0 Å². The molecule has 23 heavy (non-hydrogen) atoms. The van der Waals surface area contributed by atoms with E-state index < -0.39 is 46.1 Å². The zero-order chi connectivity index (χ0) is 18.4. The summed E-state index contributed by atoms with van der Waals surface area (Å²) in [6, 6.07) is 0.542. The lowest BCUT2D eigenvalue weighted by Crippen LogP contribution is -2.63. The van der Waals surface area contributed by atoms with Gasteiger partial charge in [0, 0.05) is 5.56 Å². The molecule has 0 unspecified atom stereocenters. The third-order valence-corrected chi connectivity index (χ3v) is 2.90. The maximum absolute atomic E-state index is 13.3. The van der Waals surface area contributed by atoms with Gasteiger partial charge >= 0.3 is 23.9 Å². The highest BCUT2D eigenvalue weighted by Gasteiger charge is 2.83. The van der Waals surface area contributed by atoms with Crippen molar-refractivity contribution < 1.29 is 48.7 Å². The average molecular weight is 377 g/mol. The highest BCUT2D eigenvalue weighted by Crippen LogP contribution is 2.53. The molecule has 1 nitrogen and oxygen atoms in total. The highest BCUT2D eigenvalue weighted by molar-refractivity contribution is 6.31. The zero-order valence-electron chi connectivity index (χ0n) is 10.3. The first-order chi connectivity index (χ1) is 10.1. The minimum atomic E-state index is -7.19. The van der Waals surface area contributed by atoms with Gasteiger partial charge in [0.05, 0.1) is 5.02 Å². The molecule has 0 saturated carbocycles. The molecule has 1 aromatic carbocycles. The summed E-state index contributed by atoms with van der Waals surface area (Å²) in [6.45, 7) is 0. The second kappa shape index (κ2) is 5.53. The molecule has 0 aliphatic carbocycles. The minimum Gasteiger partial charge on any atom is -0.287 e. The normalized spacial score (nSPS) is 14.0. The summed E-state index contributed by atoms with van der Waals surface area (Å²) < 4.78 is 126. The molecule has 0 fully saturated rings. The molecule has 0 atom stereocenters. The Bertz CT molecular complexity index is 622. The lowest BCUT2D eigenvalue weighted by Gasteiger charge is -2.32. The van der Waals surface area contributed by atoms with Crippen molar-refractivity contribution in [3.8, 4) is 0 Å². The molecule has 1 aromatic rings. The van der Waals surface area contributed by atoms with Crippen LogP contribution in [0, 0.1) is 5.82 Å². The summed E-state index contributed by atoms with van der Waals surface area (Å²) >= 11 is 5.10. The van der Waals surface area contributed by atoms with Crippen LogP contribution in [0.4, 0.5) is 43.9 Å². The van der Waals surface area contributed by atoms with Crippen molar-refractivity contribution in [1.29, 1.82) is 0 Å². The maximum atomic E-state index is 13.3. The SMILES string of the molecule is O=C(c1ccc(F)c(Cl)c1)C(F)(F)C(F)(F)C(F)(F)C(F)(F)F. The fraction of sp³-hybridized carbons (Fsp3) is 0.364. The van der Waals surface area contributed by atoms with Gasteiger partial charge in [-0.15, -0.1) is 0 Å². The van der Waals surface area contributed by atoms with Crippen molar-refractivity contribution in [2.45, 2.75) is 23.9 Å². The number of ketones is 1. The van der Waals surface area contributed by atoms with Crippen LogP contribution in [-0.4, -0.2) is 29.7 Å². The molecule has 0 aromatic heterocycles. The van der Waals surface area contributed by atoms with Crippen LogP contribution in [-0.2, 0) is 0 Å². The van der Waals surface area contributed by atoms with Crippen molar-refractivity contribution in [2.75, 3.05) is 0 Å². The molecule has 1 rings (SSSR count). The van der Waals surface area contributed by atoms with E-state index in [1.54, 1.807) is 0 Å². The smallest absolute Gasteiger partial charge is 0.287 e. The lowest BCUT2D eigenvalue weighted by atomic mass is 9.96. The van der Waals surface area contributed by atoms with Crippen molar-refractivity contribution >= 4 is 17.4 Å². The number of carbonyl (C=O) groups is 1. The molecule has 0 spiro atoms. The number of carbonyl (C=O) groups excluding carboxylic acids is 1. The summed E-state index contributed by atoms with van der Waals surface area (Å²) in [5, 5.41) is -1.00. The van der Waals surface area contributed by atoms with Crippen LogP contribution in [0.25, 0.3) is 0 Å². The predicted octanol–water partition coefficient (Wildman–Crippen LogP) is 5.13. The quantitative estimate of drug-likeness (QED) is 0.526. The zero-order valence-corrected chi connectivity index (χ0v) is 11.1. The topological polar surface area (TPSA) is 17.1 Å². The average Bonchev–Trinajstić information content (AvgIpc) is 2.39. The Kier molecular flexibility index (Phi) is 4.70. The summed E-state index contributed by atoms with van der Waals surface area (Å²) in [5.41, 5.74) is -1.47. The Morgan fingerprint density at radius 2 is 1.35 bits per heavy atom. The number of halogens is 11. The third kappa shape index (κ3) is 2.98. The predicted molar refractivity (Wildman–Crippen MR) is 56.6 cm³/mol. The van der Waals surface area contributed by atoms with E-state index in [0.717, 1.165) is 0 Å². The Hall–Kier alpha value is -1.52. The van der Waals surface area contributed by atoms with Gasteiger partial charge < -0.3 is 0 Å². The summed E-state index contributed by atoms with van der Waals surface area (Å²) in [6.07, 6.45) is -7.04. The molecule has 0 aliphatic heterocycles. The standard InChI is InChI=1S/C11H3ClF10O/c12-5-3-4(1-2-6(5)13)7(23)8(14,15)9(16,17)10(18,19)11(20,21)22/h1-3H. The van der Waals surface area contributed by atoms with Crippen LogP contribution in [0.5, 0.6) is 0 Å². The Balaban J connectivity index is 3.38. The monoisotopic (exact) mass is 376 g/mol. The molecule has 0 heterocycles. The molecule has 0 amide bonds. The number of rotatable bonds is 4. The van der Waals surface area contributed by atoms with E-state index in [0.29, 0.717) is 0 Å². The van der Waals surface area contributed by atoms with Gasteiger partial charge in [0.1, 0.15) is 5.82 Å². The third-order valence-electron chi connectivity index (χ3n) is 2.61. The molecule has 0 saturated heterocycles. The summed E-state index contributed by atoms with van der Waals surface area (Å²) in [4.78, 5) is 11.2. The van der Waals surface area contributed by atoms with E-state index in [4.69, 9.17) is 11.6 Å². The van der Waals surface area contributed by atoms with Crippen molar-refractivity contribution in [3.05, 3.63) is 34.6 Å². The van der Waals surface area contributed by atoms with Gasteiger partial charge in [0.25, 0.3) is 0 Å². The van der Waals surface area contributed by atoms with E-state index >= 15 is 0 Å². The molecule has 0 N–H and O–H groups in total. The van der Waals surface area contributed by atoms with Gasteiger partial charge in [0.15, 0.2) is 0 Å². The molecule has 130 valence electrons. The number of alkyl halides is 9. The first-order valence-corrected chi connectivity index (χ1v) is 5.65. The first-order valence-electron chi connectivity index (χ1n) is 5.27.